The topological polar surface area (TPSA) is 16.4 Å². The summed E-state index contributed by atoms with van der Waals surface area (Å²) in [5.74, 6) is 0. The fourth-order valence-corrected chi connectivity index (χ4v) is 10.2. The third-order valence-corrected chi connectivity index (χ3v) is 13.0. The zero-order valence-corrected chi connectivity index (χ0v) is 34.5. The van der Waals surface area contributed by atoms with Gasteiger partial charge in [-0.1, -0.05) is 206 Å². The quantitative estimate of drug-likeness (QED) is 0.152. The summed E-state index contributed by atoms with van der Waals surface area (Å²) in [4.78, 5) is 2.42. The first kappa shape index (κ1) is 36.6. The van der Waals surface area contributed by atoms with Gasteiger partial charge in [0.15, 0.2) is 0 Å². The third-order valence-electron chi connectivity index (χ3n) is 13.0. The second-order valence-corrected chi connectivity index (χ2v) is 16.4. The standard InChI is InChI=1S/C61H41NO/c1-4-16-42(17-5-1)44-28-30-46(31-29-44)59-56(40-41-58-60(59)53-24-12-15-27-57(53)63-58)62(49-36-32-45(33-37-49)43-18-6-2-7-19-43)50-38-34-48(35-39-50)61(47-20-8-3-9-21-47)54-25-13-10-22-51(54)52-23-11-14-26-55(52)61/h1-41H. The van der Waals surface area contributed by atoms with Crippen molar-refractivity contribution in [1.82, 2.24) is 0 Å². The highest BCUT2D eigenvalue weighted by molar-refractivity contribution is 6.16. The molecular weight excluding hydrogens is 763 g/mol. The van der Waals surface area contributed by atoms with Crippen LogP contribution in [0.3, 0.4) is 0 Å². The van der Waals surface area contributed by atoms with Gasteiger partial charge in [0.1, 0.15) is 11.2 Å². The molecule has 12 rings (SSSR count). The van der Waals surface area contributed by atoms with Crippen molar-refractivity contribution in [3.8, 4) is 44.5 Å². The van der Waals surface area contributed by atoms with Crippen LogP contribution in [-0.4, -0.2) is 0 Å². The Bertz CT molecular complexity index is 3360. The first-order valence-corrected chi connectivity index (χ1v) is 21.7. The molecule has 63 heavy (non-hydrogen) atoms. The third kappa shape index (κ3) is 5.95. The van der Waals surface area contributed by atoms with Crippen LogP contribution >= 0.6 is 0 Å². The zero-order chi connectivity index (χ0) is 41.7. The van der Waals surface area contributed by atoms with Crippen LogP contribution in [0.1, 0.15) is 22.3 Å². The summed E-state index contributed by atoms with van der Waals surface area (Å²) in [5.41, 5.74) is 19.0. The number of hydrogen-bond acceptors (Lipinski definition) is 2. The van der Waals surface area contributed by atoms with Crippen molar-refractivity contribution in [3.05, 3.63) is 271 Å². The van der Waals surface area contributed by atoms with E-state index in [9.17, 15) is 0 Å². The fourth-order valence-electron chi connectivity index (χ4n) is 10.2. The lowest BCUT2D eigenvalue weighted by Gasteiger charge is -2.34. The average molecular weight is 804 g/mol. The highest BCUT2D eigenvalue weighted by Crippen LogP contribution is 2.56. The molecule has 0 saturated carbocycles. The van der Waals surface area contributed by atoms with Crippen LogP contribution in [0.2, 0.25) is 0 Å². The van der Waals surface area contributed by atoms with Crippen LogP contribution in [0.15, 0.2) is 253 Å². The normalized spacial score (nSPS) is 12.6. The van der Waals surface area contributed by atoms with E-state index in [1.165, 1.54) is 55.6 Å². The molecule has 0 N–H and O–H groups in total. The van der Waals surface area contributed by atoms with Gasteiger partial charge in [0.05, 0.1) is 11.1 Å². The maximum absolute atomic E-state index is 6.58. The first-order valence-electron chi connectivity index (χ1n) is 21.7. The van der Waals surface area contributed by atoms with Crippen LogP contribution in [-0.2, 0) is 5.41 Å². The van der Waals surface area contributed by atoms with Gasteiger partial charge in [-0.2, -0.15) is 0 Å². The number of anilines is 3. The molecule has 0 spiro atoms. The Kier molecular flexibility index (Phi) is 8.76. The molecule has 1 aliphatic carbocycles. The van der Waals surface area contributed by atoms with Gasteiger partial charge in [0, 0.05) is 27.7 Å². The van der Waals surface area contributed by atoms with Crippen molar-refractivity contribution in [1.29, 1.82) is 0 Å². The molecule has 0 fully saturated rings. The smallest absolute Gasteiger partial charge is 0.136 e. The lowest BCUT2D eigenvalue weighted by Crippen LogP contribution is -2.28. The zero-order valence-electron chi connectivity index (χ0n) is 34.5. The van der Waals surface area contributed by atoms with Crippen molar-refractivity contribution < 1.29 is 4.42 Å². The molecule has 0 aliphatic heterocycles. The molecule has 2 heteroatoms. The molecule has 10 aromatic carbocycles. The van der Waals surface area contributed by atoms with Gasteiger partial charge < -0.3 is 9.32 Å². The molecule has 296 valence electrons. The summed E-state index contributed by atoms with van der Waals surface area (Å²) in [7, 11) is 0. The van der Waals surface area contributed by atoms with E-state index in [-0.39, 0.29) is 0 Å². The predicted molar refractivity (Wildman–Crippen MR) is 262 cm³/mol. The summed E-state index contributed by atoms with van der Waals surface area (Å²) in [6.07, 6.45) is 0. The maximum atomic E-state index is 6.58. The van der Waals surface area contributed by atoms with E-state index >= 15 is 0 Å². The van der Waals surface area contributed by atoms with E-state index in [4.69, 9.17) is 4.42 Å². The Morgan fingerprint density at radius 3 is 1.37 bits per heavy atom. The minimum Gasteiger partial charge on any atom is -0.456 e. The largest absolute Gasteiger partial charge is 0.456 e. The monoisotopic (exact) mass is 803 g/mol. The van der Waals surface area contributed by atoms with E-state index in [1.807, 2.05) is 6.07 Å². The summed E-state index contributed by atoms with van der Waals surface area (Å²) in [6, 6.07) is 90.2. The molecule has 11 aromatic rings. The molecule has 0 bridgehead atoms. The molecule has 0 radical (unpaired) electrons. The Balaban J connectivity index is 1.09. The van der Waals surface area contributed by atoms with E-state index in [2.05, 4.69) is 248 Å². The summed E-state index contributed by atoms with van der Waals surface area (Å²) < 4.78 is 6.58. The van der Waals surface area contributed by atoms with Gasteiger partial charge >= 0.3 is 0 Å². The van der Waals surface area contributed by atoms with Crippen molar-refractivity contribution in [3.63, 3.8) is 0 Å². The number of nitrogens with zero attached hydrogens (tertiary/aromatic N) is 1. The molecule has 0 atom stereocenters. The number of benzene rings is 10. The van der Waals surface area contributed by atoms with Crippen LogP contribution in [0.25, 0.3) is 66.4 Å². The lowest BCUT2D eigenvalue weighted by atomic mass is 9.68. The van der Waals surface area contributed by atoms with Gasteiger partial charge in [-0.05, 0) is 104 Å². The molecule has 2 nitrogen and oxygen atoms in total. The van der Waals surface area contributed by atoms with Gasteiger partial charge in [-0.3, -0.25) is 0 Å². The SMILES string of the molecule is c1ccc(-c2ccc(-c3c(N(c4ccc(-c5ccccc5)cc4)c4ccc(C5(c6ccccc6)c6ccccc6-c6ccccc65)cc4)ccc4oc5ccccc5c34)cc2)cc1. The van der Waals surface area contributed by atoms with Crippen LogP contribution in [0.4, 0.5) is 17.1 Å². The Labute approximate surface area is 367 Å². The molecule has 0 amide bonds. The van der Waals surface area contributed by atoms with Crippen LogP contribution in [0.5, 0.6) is 0 Å². The summed E-state index contributed by atoms with van der Waals surface area (Å²) in [6.45, 7) is 0. The van der Waals surface area contributed by atoms with E-state index < -0.39 is 5.41 Å². The first-order chi connectivity index (χ1) is 31.3. The Hall–Kier alpha value is -8.20. The summed E-state index contributed by atoms with van der Waals surface area (Å²) >= 11 is 0. The predicted octanol–water partition coefficient (Wildman–Crippen LogP) is 16.4. The van der Waals surface area contributed by atoms with Crippen molar-refractivity contribution in [2.24, 2.45) is 0 Å². The second-order valence-electron chi connectivity index (χ2n) is 16.4. The highest BCUT2D eigenvalue weighted by atomic mass is 16.3. The lowest BCUT2D eigenvalue weighted by molar-refractivity contribution is 0.669. The minimum absolute atomic E-state index is 0.491. The maximum Gasteiger partial charge on any atom is 0.136 e. The van der Waals surface area contributed by atoms with E-state index in [0.717, 1.165) is 50.1 Å². The Morgan fingerprint density at radius 1 is 0.317 bits per heavy atom. The van der Waals surface area contributed by atoms with E-state index in [1.54, 1.807) is 0 Å². The molecular formula is C61H41NO. The van der Waals surface area contributed by atoms with Gasteiger partial charge in [-0.15, -0.1) is 0 Å². The van der Waals surface area contributed by atoms with Crippen LogP contribution in [0, 0.1) is 0 Å². The van der Waals surface area contributed by atoms with E-state index in [0.29, 0.717) is 0 Å². The van der Waals surface area contributed by atoms with Gasteiger partial charge in [0.2, 0.25) is 0 Å². The molecule has 1 aliphatic rings. The fraction of sp³-hybridized carbons (Fsp3) is 0.0164. The van der Waals surface area contributed by atoms with Crippen molar-refractivity contribution in [2.45, 2.75) is 5.41 Å². The number of rotatable bonds is 8. The molecule has 0 unspecified atom stereocenters. The second kappa shape index (κ2) is 15.1. The Morgan fingerprint density at radius 2 is 0.762 bits per heavy atom. The number of para-hydroxylation sites is 1. The minimum atomic E-state index is -0.491. The van der Waals surface area contributed by atoms with Gasteiger partial charge in [0.25, 0.3) is 0 Å². The van der Waals surface area contributed by atoms with Crippen molar-refractivity contribution >= 4 is 39.0 Å². The van der Waals surface area contributed by atoms with Crippen molar-refractivity contribution in [2.75, 3.05) is 4.90 Å². The van der Waals surface area contributed by atoms with Gasteiger partial charge in [-0.25, -0.2) is 0 Å². The number of fused-ring (bicyclic) bond motifs is 6. The highest BCUT2D eigenvalue weighted by Gasteiger charge is 2.45. The number of furan rings is 1. The summed E-state index contributed by atoms with van der Waals surface area (Å²) in [5, 5.41) is 2.19. The number of hydrogen-bond donors (Lipinski definition) is 0. The molecule has 1 heterocycles. The molecule has 1 aromatic heterocycles. The van der Waals surface area contributed by atoms with Crippen LogP contribution < -0.4 is 4.90 Å². The average Bonchev–Trinajstić information content (AvgIpc) is 3.90. The molecule has 0 saturated heterocycles.